The molecule has 0 aliphatic carbocycles. The number of nitrogens with zero attached hydrogens (tertiary/aromatic N) is 5. The van der Waals surface area contributed by atoms with Crippen molar-refractivity contribution in [3.05, 3.63) is 47.0 Å². The van der Waals surface area contributed by atoms with Crippen LogP contribution in [0.1, 0.15) is 42.5 Å². The zero-order chi connectivity index (χ0) is 17.6. The predicted octanol–water partition coefficient (Wildman–Crippen LogP) is 3.14. The molecule has 0 atom stereocenters. The first kappa shape index (κ1) is 20.7. The maximum absolute atomic E-state index is 4.80. The highest BCUT2D eigenvalue weighted by Gasteiger charge is 2.16. The van der Waals surface area contributed by atoms with Crippen molar-refractivity contribution >= 4 is 29.9 Å². The molecule has 1 N–H and O–H groups in total. The topological polar surface area (TPSA) is 58.3 Å². The molecule has 26 heavy (non-hydrogen) atoms. The van der Waals surface area contributed by atoms with Gasteiger partial charge in [0.05, 0.1) is 0 Å². The van der Waals surface area contributed by atoms with Crippen molar-refractivity contribution in [1.82, 2.24) is 25.0 Å². The quantitative estimate of drug-likeness (QED) is 0.416. The Bertz CT molecular complexity index is 739. The van der Waals surface area contributed by atoms with E-state index in [0.717, 1.165) is 43.7 Å². The minimum Gasteiger partial charge on any atom is -0.357 e. The second-order valence-corrected chi connectivity index (χ2v) is 6.59. The summed E-state index contributed by atoms with van der Waals surface area (Å²) in [7, 11) is 2.08. The van der Waals surface area contributed by atoms with Crippen molar-refractivity contribution in [2.75, 3.05) is 13.6 Å². The van der Waals surface area contributed by atoms with Gasteiger partial charge in [-0.3, -0.25) is 0 Å². The SMILES string of the molecule is CCNC(=NCc1nnc2n1CCCC2)N(C)Cc1ccccc1C.I. The molecule has 7 heteroatoms. The third kappa shape index (κ3) is 4.96. The Morgan fingerprint density at radius 3 is 2.85 bits per heavy atom. The third-order valence-corrected chi connectivity index (χ3v) is 4.67. The smallest absolute Gasteiger partial charge is 0.194 e. The molecule has 2 heterocycles. The number of halogens is 1. The van der Waals surface area contributed by atoms with Crippen molar-refractivity contribution in [2.45, 2.75) is 52.7 Å². The van der Waals surface area contributed by atoms with E-state index in [4.69, 9.17) is 4.99 Å². The van der Waals surface area contributed by atoms with Gasteiger partial charge in [-0.15, -0.1) is 34.2 Å². The molecule has 1 aliphatic heterocycles. The summed E-state index contributed by atoms with van der Waals surface area (Å²) in [6.45, 7) is 7.49. The Hall–Kier alpha value is -1.64. The number of aryl methyl sites for hydroxylation is 2. The molecule has 0 saturated heterocycles. The summed E-state index contributed by atoms with van der Waals surface area (Å²) in [5.74, 6) is 2.98. The number of rotatable bonds is 5. The van der Waals surface area contributed by atoms with Gasteiger partial charge in [0.25, 0.3) is 0 Å². The zero-order valence-electron chi connectivity index (χ0n) is 15.9. The molecule has 3 rings (SSSR count). The van der Waals surface area contributed by atoms with Gasteiger partial charge >= 0.3 is 0 Å². The van der Waals surface area contributed by atoms with Gasteiger partial charge in [0, 0.05) is 33.1 Å². The molecule has 0 fully saturated rings. The fourth-order valence-corrected chi connectivity index (χ4v) is 3.22. The molecular formula is C19H29IN6. The molecule has 0 spiro atoms. The normalized spacial score (nSPS) is 13.7. The number of hydrogen-bond acceptors (Lipinski definition) is 3. The zero-order valence-corrected chi connectivity index (χ0v) is 18.2. The summed E-state index contributed by atoms with van der Waals surface area (Å²) in [6, 6.07) is 8.48. The predicted molar refractivity (Wildman–Crippen MR) is 116 cm³/mol. The second-order valence-electron chi connectivity index (χ2n) is 6.59. The van der Waals surface area contributed by atoms with E-state index in [-0.39, 0.29) is 24.0 Å². The minimum atomic E-state index is 0. The second kappa shape index (κ2) is 9.89. The molecular weight excluding hydrogens is 439 g/mol. The fourth-order valence-electron chi connectivity index (χ4n) is 3.22. The van der Waals surface area contributed by atoms with E-state index in [1.165, 1.54) is 24.0 Å². The van der Waals surface area contributed by atoms with E-state index >= 15 is 0 Å². The van der Waals surface area contributed by atoms with Crippen LogP contribution in [0.2, 0.25) is 0 Å². The molecule has 1 aromatic carbocycles. The number of hydrogen-bond donors (Lipinski definition) is 1. The van der Waals surface area contributed by atoms with Gasteiger partial charge < -0.3 is 14.8 Å². The first-order chi connectivity index (χ1) is 12.2. The monoisotopic (exact) mass is 468 g/mol. The third-order valence-electron chi connectivity index (χ3n) is 4.67. The first-order valence-corrected chi connectivity index (χ1v) is 9.14. The number of aromatic nitrogens is 3. The van der Waals surface area contributed by atoms with Crippen LogP contribution in [-0.2, 0) is 26.1 Å². The van der Waals surface area contributed by atoms with Crippen molar-refractivity contribution in [3.8, 4) is 0 Å². The molecule has 1 aromatic heterocycles. The number of guanidine groups is 1. The van der Waals surface area contributed by atoms with Crippen LogP contribution in [0.3, 0.4) is 0 Å². The summed E-state index contributed by atoms with van der Waals surface area (Å²) in [5.41, 5.74) is 2.62. The highest BCUT2D eigenvalue weighted by Crippen LogP contribution is 2.15. The van der Waals surface area contributed by atoms with Crippen LogP contribution in [0.4, 0.5) is 0 Å². The van der Waals surface area contributed by atoms with Crippen LogP contribution < -0.4 is 5.32 Å². The van der Waals surface area contributed by atoms with Gasteiger partial charge in [-0.25, -0.2) is 4.99 Å². The molecule has 142 valence electrons. The van der Waals surface area contributed by atoms with Crippen molar-refractivity contribution in [3.63, 3.8) is 0 Å². The largest absolute Gasteiger partial charge is 0.357 e. The molecule has 0 saturated carbocycles. The minimum absolute atomic E-state index is 0. The van der Waals surface area contributed by atoms with Crippen molar-refractivity contribution < 1.29 is 0 Å². The van der Waals surface area contributed by atoms with Gasteiger partial charge in [-0.05, 0) is 37.8 Å². The average molecular weight is 468 g/mol. The molecule has 0 bridgehead atoms. The molecule has 0 unspecified atom stereocenters. The van der Waals surface area contributed by atoms with Crippen LogP contribution in [0, 0.1) is 6.92 Å². The lowest BCUT2D eigenvalue weighted by atomic mass is 10.1. The standard InChI is InChI=1S/C19H28N6.HI/c1-4-20-19(24(3)14-16-10-6-5-9-15(16)2)21-13-18-23-22-17-11-7-8-12-25(17)18;/h5-6,9-10H,4,7-8,11-14H2,1-3H3,(H,20,21);1H. The van der Waals surface area contributed by atoms with Crippen LogP contribution in [0.5, 0.6) is 0 Å². The Kier molecular flexibility index (Phi) is 7.86. The van der Waals surface area contributed by atoms with Crippen LogP contribution in [-0.4, -0.2) is 39.2 Å². The lowest BCUT2D eigenvalue weighted by molar-refractivity contribution is 0.472. The highest BCUT2D eigenvalue weighted by atomic mass is 127. The Morgan fingerprint density at radius 2 is 2.08 bits per heavy atom. The van der Waals surface area contributed by atoms with E-state index in [0.29, 0.717) is 6.54 Å². The van der Waals surface area contributed by atoms with E-state index < -0.39 is 0 Å². The summed E-state index contributed by atoms with van der Waals surface area (Å²) in [4.78, 5) is 6.96. The van der Waals surface area contributed by atoms with E-state index in [1.54, 1.807) is 0 Å². The Balaban J connectivity index is 0.00000243. The number of aliphatic imine (C=N–C) groups is 1. The lowest BCUT2D eigenvalue weighted by Crippen LogP contribution is -2.38. The number of fused-ring (bicyclic) bond motifs is 1. The summed E-state index contributed by atoms with van der Waals surface area (Å²) in [6.07, 6.45) is 3.45. The van der Waals surface area contributed by atoms with Crippen LogP contribution in [0.15, 0.2) is 29.3 Å². The summed E-state index contributed by atoms with van der Waals surface area (Å²) >= 11 is 0. The van der Waals surface area contributed by atoms with Gasteiger partial charge in [0.2, 0.25) is 0 Å². The van der Waals surface area contributed by atoms with Crippen LogP contribution in [0.25, 0.3) is 0 Å². The fraction of sp³-hybridized carbons (Fsp3) is 0.526. The number of benzene rings is 1. The molecule has 2 aromatic rings. The van der Waals surface area contributed by atoms with Crippen LogP contribution >= 0.6 is 24.0 Å². The highest BCUT2D eigenvalue weighted by molar-refractivity contribution is 14.0. The number of nitrogens with one attached hydrogen (secondary N) is 1. The Morgan fingerprint density at radius 1 is 1.27 bits per heavy atom. The average Bonchev–Trinajstić information content (AvgIpc) is 3.04. The van der Waals surface area contributed by atoms with E-state index in [9.17, 15) is 0 Å². The lowest BCUT2D eigenvalue weighted by Gasteiger charge is -2.23. The maximum atomic E-state index is 4.80. The van der Waals surface area contributed by atoms with E-state index in [2.05, 4.69) is 70.1 Å². The molecule has 0 amide bonds. The van der Waals surface area contributed by atoms with Crippen molar-refractivity contribution in [2.24, 2.45) is 4.99 Å². The Labute approximate surface area is 173 Å². The van der Waals surface area contributed by atoms with E-state index in [1.807, 2.05) is 0 Å². The van der Waals surface area contributed by atoms with Gasteiger partial charge in [0.15, 0.2) is 11.8 Å². The van der Waals surface area contributed by atoms with Gasteiger partial charge in [-0.1, -0.05) is 24.3 Å². The van der Waals surface area contributed by atoms with Gasteiger partial charge in [0.1, 0.15) is 12.4 Å². The summed E-state index contributed by atoms with van der Waals surface area (Å²) < 4.78 is 2.23. The molecule has 1 aliphatic rings. The summed E-state index contributed by atoms with van der Waals surface area (Å²) in [5, 5.41) is 12.0. The maximum Gasteiger partial charge on any atom is 0.194 e. The molecule has 6 nitrogen and oxygen atoms in total. The first-order valence-electron chi connectivity index (χ1n) is 9.14. The van der Waals surface area contributed by atoms with Gasteiger partial charge in [-0.2, -0.15) is 0 Å². The van der Waals surface area contributed by atoms with Crippen molar-refractivity contribution in [1.29, 1.82) is 0 Å². The molecule has 0 radical (unpaired) electrons.